The molecule has 0 radical (unpaired) electrons. The summed E-state index contributed by atoms with van der Waals surface area (Å²) in [4.78, 5) is 26.3. The summed E-state index contributed by atoms with van der Waals surface area (Å²) in [6.07, 6.45) is 1.63. The quantitative estimate of drug-likeness (QED) is 0.852. The lowest BCUT2D eigenvalue weighted by Crippen LogP contribution is -2.43. The molecular formula is C21H21F3N2O2. The topological polar surface area (TPSA) is 49.4 Å². The van der Waals surface area contributed by atoms with Crippen LogP contribution in [-0.2, 0) is 11.2 Å². The first-order valence-electron chi connectivity index (χ1n) is 9.20. The number of piperidine rings is 1. The molecule has 1 saturated heterocycles. The normalized spacial score (nSPS) is 14.8. The molecule has 0 aliphatic carbocycles. The van der Waals surface area contributed by atoms with Gasteiger partial charge in [-0.15, -0.1) is 0 Å². The molecule has 28 heavy (non-hydrogen) atoms. The van der Waals surface area contributed by atoms with Crippen LogP contribution in [0.1, 0.15) is 28.8 Å². The van der Waals surface area contributed by atoms with Crippen molar-refractivity contribution in [3.05, 3.63) is 71.0 Å². The van der Waals surface area contributed by atoms with Crippen molar-refractivity contribution in [2.24, 2.45) is 5.92 Å². The van der Waals surface area contributed by atoms with Crippen molar-refractivity contribution in [2.45, 2.75) is 19.3 Å². The lowest BCUT2D eigenvalue weighted by atomic mass is 9.95. The van der Waals surface area contributed by atoms with Crippen molar-refractivity contribution in [2.75, 3.05) is 19.6 Å². The Labute approximate surface area is 161 Å². The highest BCUT2D eigenvalue weighted by Gasteiger charge is 2.28. The molecule has 2 aromatic rings. The Kier molecular flexibility index (Phi) is 6.34. The Bertz CT molecular complexity index is 847. The maximum absolute atomic E-state index is 13.3. The third-order valence-electron chi connectivity index (χ3n) is 4.95. The molecule has 0 unspecified atom stereocenters. The van der Waals surface area contributed by atoms with E-state index in [0.29, 0.717) is 38.9 Å². The number of hydrogen-bond acceptors (Lipinski definition) is 2. The van der Waals surface area contributed by atoms with Crippen molar-refractivity contribution < 1.29 is 22.8 Å². The maximum atomic E-state index is 13.3. The van der Waals surface area contributed by atoms with Crippen LogP contribution in [-0.4, -0.2) is 36.3 Å². The van der Waals surface area contributed by atoms with Gasteiger partial charge in [0.05, 0.1) is 0 Å². The molecule has 1 aliphatic rings. The standard InChI is InChI=1S/C21H21F3N2O2/c22-17-4-1-14(2-5-17)7-10-25-20(27)15-8-11-26(12-9-15)21(28)16-3-6-18(23)19(24)13-16/h1-6,13,15H,7-12H2,(H,25,27). The predicted octanol–water partition coefficient (Wildman–Crippen LogP) is 3.32. The lowest BCUT2D eigenvalue weighted by molar-refractivity contribution is -0.126. The molecule has 1 heterocycles. The molecule has 2 aromatic carbocycles. The highest BCUT2D eigenvalue weighted by Crippen LogP contribution is 2.20. The average molecular weight is 390 g/mol. The van der Waals surface area contributed by atoms with E-state index in [1.54, 1.807) is 17.0 Å². The molecule has 0 spiro atoms. The van der Waals surface area contributed by atoms with Gasteiger partial charge in [0.1, 0.15) is 5.82 Å². The Balaban J connectivity index is 1.45. The zero-order valence-corrected chi connectivity index (χ0v) is 15.3. The smallest absolute Gasteiger partial charge is 0.253 e. The SMILES string of the molecule is O=C(NCCc1ccc(F)cc1)C1CCN(C(=O)c2ccc(F)c(F)c2)CC1. The van der Waals surface area contributed by atoms with Gasteiger partial charge in [-0.25, -0.2) is 13.2 Å². The first kappa shape index (κ1) is 19.9. The van der Waals surface area contributed by atoms with Crippen LogP contribution >= 0.6 is 0 Å². The molecule has 148 valence electrons. The van der Waals surface area contributed by atoms with E-state index in [2.05, 4.69) is 5.32 Å². The Hall–Kier alpha value is -2.83. The number of amides is 2. The number of halogens is 3. The molecule has 0 atom stereocenters. The molecular weight excluding hydrogens is 369 g/mol. The Morgan fingerprint density at radius 3 is 2.29 bits per heavy atom. The van der Waals surface area contributed by atoms with Gasteiger partial charge in [-0.3, -0.25) is 9.59 Å². The fourth-order valence-corrected chi connectivity index (χ4v) is 3.28. The predicted molar refractivity (Wildman–Crippen MR) is 98.1 cm³/mol. The summed E-state index contributed by atoms with van der Waals surface area (Å²) in [6, 6.07) is 9.23. The van der Waals surface area contributed by atoms with E-state index >= 15 is 0 Å². The van der Waals surface area contributed by atoms with Crippen molar-refractivity contribution in [3.8, 4) is 0 Å². The van der Waals surface area contributed by atoms with Crippen LogP contribution in [0.2, 0.25) is 0 Å². The van der Waals surface area contributed by atoms with E-state index in [1.807, 2.05) is 0 Å². The van der Waals surface area contributed by atoms with Crippen LogP contribution < -0.4 is 5.32 Å². The van der Waals surface area contributed by atoms with E-state index in [0.717, 1.165) is 17.7 Å². The molecule has 1 fully saturated rings. The van der Waals surface area contributed by atoms with Gasteiger partial charge in [-0.05, 0) is 55.2 Å². The third-order valence-corrected chi connectivity index (χ3v) is 4.95. The van der Waals surface area contributed by atoms with Crippen molar-refractivity contribution in [1.82, 2.24) is 10.2 Å². The highest BCUT2D eigenvalue weighted by molar-refractivity contribution is 5.94. The third kappa shape index (κ3) is 4.91. The summed E-state index contributed by atoms with van der Waals surface area (Å²) in [6.45, 7) is 1.22. The molecule has 2 amide bonds. The van der Waals surface area contributed by atoms with Crippen LogP contribution in [0.25, 0.3) is 0 Å². The number of nitrogens with zero attached hydrogens (tertiary/aromatic N) is 1. The van der Waals surface area contributed by atoms with Crippen LogP contribution in [0, 0.1) is 23.4 Å². The average Bonchev–Trinajstić information content (AvgIpc) is 2.71. The number of benzene rings is 2. The Morgan fingerprint density at radius 1 is 0.964 bits per heavy atom. The molecule has 0 saturated carbocycles. The fourth-order valence-electron chi connectivity index (χ4n) is 3.28. The summed E-state index contributed by atoms with van der Waals surface area (Å²) >= 11 is 0. The maximum Gasteiger partial charge on any atom is 0.253 e. The van der Waals surface area contributed by atoms with E-state index in [9.17, 15) is 22.8 Å². The van der Waals surface area contributed by atoms with Gasteiger partial charge in [-0.2, -0.15) is 0 Å². The number of carbonyl (C=O) groups is 2. The monoisotopic (exact) mass is 390 g/mol. The second-order valence-corrected chi connectivity index (χ2v) is 6.86. The van der Waals surface area contributed by atoms with Gasteiger partial charge < -0.3 is 10.2 Å². The Morgan fingerprint density at radius 2 is 1.64 bits per heavy atom. The molecule has 4 nitrogen and oxygen atoms in total. The zero-order valence-electron chi connectivity index (χ0n) is 15.3. The van der Waals surface area contributed by atoms with Crippen LogP contribution in [0.15, 0.2) is 42.5 Å². The van der Waals surface area contributed by atoms with E-state index < -0.39 is 11.6 Å². The molecule has 0 bridgehead atoms. The van der Waals surface area contributed by atoms with Crippen molar-refractivity contribution in [1.29, 1.82) is 0 Å². The first-order valence-corrected chi connectivity index (χ1v) is 9.20. The summed E-state index contributed by atoms with van der Waals surface area (Å²) in [5.74, 6) is -2.97. The molecule has 7 heteroatoms. The zero-order chi connectivity index (χ0) is 20.1. The summed E-state index contributed by atoms with van der Waals surface area (Å²) in [5, 5.41) is 2.88. The molecule has 1 aliphatic heterocycles. The summed E-state index contributed by atoms with van der Waals surface area (Å²) in [7, 11) is 0. The van der Waals surface area contributed by atoms with Gasteiger partial charge in [0, 0.05) is 31.1 Å². The lowest BCUT2D eigenvalue weighted by Gasteiger charge is -2.31. The number of hydrogen-bond donors (Lipinski definition) is 1. The number of likely N-dealkylation sites (tertiary alicyclic amines) is 1. The van der Waals surface area contributed by atoms with Gasteiger partial charge in [-0.1, -0.05) is 12.1 Å². The van der Waals surface area contributed by atoms with Gasteiger partial charge in [0.25, 0.3) is 5.91 Å². The van der Waals surface area contributed by atoms with Gasteiger partial charge in [0.2, 0.25) is 5.91 Å². The van der Waals surface area contributed by atoms with E-state index in [-0.39, 0.29) is 29.1 Å². The minimum atomic E-state index is -1.05. The molecule has 3 rings (SSSR count). The molecule has 1 N–H and O–H groups in total. The first-order chi connectivity index (χ1) is 13.4. The minimum Gasteiger partial charge on any atom is -0.356 e. The van der Waals surface area contributed by atoms with Crippen molar-refractivity contribution >= 4 is 11.8 Å². The van der Waals surface area contributed by atoms with E-state index in [4.69, 9.17) is 0 Å². The summed E-state index contributed by atoms with van der Waals surface area (Å²) in [5.41, 5.74) is 1.04. The highest BCUT2D eigenvalue weighted by atomic mass is 19.2. The number of rotatable bonds is 5. The van der Waals surface area contributed by atoms with E-state index in [1.165, 1.54) is 18.2 Å². The number of carbonyl (C=O) groups excluding carboxylic acids is 2. The minimum absolute atomic E-state index is 0.0676. The second kappa shape index (κ2) is 8.91. The second-order valence-electron chi connectivity index (χ2n) is 6.86. The fraction of sp³-hybridized carbons (Fsp3) is 0.333. The number of nitrogens with one attached hydrogen (secondary N) is 1. The van der Waals surface area contributed by atoms with Gasteiger partial charge >= 0.3 is 0 Å². The van der Waals surface area contributed by atoms with Crippen molar-refractivity contribution in [3.63, 3.8) is 0 Å². The summed E-state index contributed by atoms with van der Waals surface area (Å²) < 4.78 is 39.2. The van der Waals surface area contributed by atoms with Gasteiger partial charge in [0.15, 0.2) is 11.6 Å². The molecule has 0 aromatic heterocycles. The van der Waals surface area contributed by atoms with Crippen LogP contribution in [0.4, 0.5) is 13.2 Å². The van der Waals surface area contributed by atoms with Crippen LogP contribution in [0.3, 0.4) is 0 Å². The van der Waals surface area contributed by atoms with Crippen LogP contribution in [0.5, 0.6) is 0 Å². The largest absolute Gasteiger partial charge is 0.356 e.